The molecule has 6 nitrogen and oxygen atoms in total. The first kappa shape index (κ1) is 14.1. The van der Waals surface area contributed by atoms with Gasteiger partial charge in [-0.25, -0.2) is 4.98 Å². The molecule has 0 spiro atoms. The molecule has 1 fully saturated rings. The van der Waals surface area contributed by atoms with Crippen molar-refractivity contribution in [1.29, 1.82) is 0 Å². The maximum Gasteiger partial charge on any atom is 0.256 e. The lowest BCUT2D eigenvalue weighted by molar-refractivity contribution is 0.0949. The lowest BCUT2D eigenvalue weighted by atomic mass is 10.1. The van der Waals surface area contributed by atoms with Gasteiger partial charge in [-0.1, -0.05) is 5.16 Å². The van der Waals surface area contributed by atoms with Gasteiger partial charge < -0.3 is 14.7 Å². The summed E-state index contributed by atoms with van der Waals surface area (Å²) in [7, 11) is 0. The number of aromatic nitrogens is 2. The third-order valence-corrected chi connectivity index (χ3v) is 4.61. The van der Waals surface area contributed by atoms with Crippen molar-refractivity contribution in [2.24, 2.45) is 0 Å². The predicted molar refractivity (Wildman–Crippen MR) is 80.8 cm³/mol. The molecule has 2 aromatic heterocycles. The topological polar surface area (TPSA) is 71.3 Å². The molecule has 1 saturated heterocycles. The van der Waals surface area contributed by atoms with Crippen molar-refractivity contribution in [2.75, 3.05) is 18.0 Å². The SMILES string of the molecule is Cc1noc(C)c1C(=O)NCC1CCCN1c1nccs1. The largest absolute Gasteiger partial charge is 0.361 e. The fourth-order valence-corrected chi connectivity index (χ4v) is 3.50. The molecule has 1 unspecified atom stereocenters. The van der Waals surface area contributed by atoms with Crippen LogP contribution in [0.15, 0.2) is 16.1 Å². The average molecular weight is 306 g/mol. The zero-order chi connectivity index (χ0) is 14.8. The molecule has 1 N–H and O–H groups in total. The van der Waals surface area contributed by atoms with Crippen LogP contribution in [0.5, 0.6) is 0 Å². The lowest BCUT2D eigenvalue weighted by Gasteiger charge is -2.24. The van der Waals surface area contributed by atoms with Crippen LogP contribution in [0.4, 0.5) is 5.13 Å². The van der Waals surface area contributed by atoms with Crippen LogP contribution in [0.1, 0.15) is 34.7 Å². The smallest absolute Gasteiger partial charge is 0.256 e. The third-order valence-electron chi connectivity index (χ3n) is 3.80. The summed E-state index contributed by atoms with van der Waals surface area (Å²) in [6.45, 7) is 5.15. The van der Waals surface area contributed by atoms with Gasteiger partial charge in [0.05, 0.1) is 5.69 Å². The maximum absolute atomic E-state index is 12.3. The molecule has 3 heterocycles. The summed E-state index contributed by atoms with van der Waals surface area (Å²) in [6.07, 6.45) is 4.02. The highest BCUT2D eigenvalue weighted by Crippen LogP contribution is 2.26. The standard InChI is InChI=1S/C14H18N4O2S/c1-9-12(10(2)20-17-9)13(19)16-8-11-4-3-6-18(11)14-15-5-7-21-14/h5,7,11H,3-4,6,8H2,1-2H3,(H,16,19). The van der Waals surface area contributed by atoms with Gasteiger partial charge in [-0.05, 0) is 26.7 Å². The van der Waals surface area contributed by atoms with E-state index in [4.69, 9.17) is 4.52 Å². The number of carbonyl (C=O) groups is 1. The van der Waals surface area contributed by atoms with Crippen molar-refractivity contribution in [2.45, 2.75) is 32.7 Å². The van der Waals surface area contributed by atoms with Gasteiger partial charge in [-0.15, -0.1) is 11.3 Å². The van der Waals surface area contributed by atoms with Crippen LogP contribution < -0.4 is 10.2 Å². The van der Waals surface area contributed by atoms with E-state index < -0.39 is 0 Å². The van der Waals surface area contributed by atoms with Crippen LogP contribution in [-0.4, -0.2) is 35.2 Å². The van der Waals surface area contributed by atoms with Crippen LogP contribution in [0.3, 0.4) is 0 Å². The number of hydrogen-bond acceptors (Lipinski definition) is 6. The summed E-state index contributed by atoms with van der Waals surface area (Å²) in [6, 6.07) is 0.306. The molecular formula is C14H18N4O2S. The van der Waals surface area contributed by atoms with Crippen molar-refractivity contribution in [3.05, 3.63) is 28.6 Å². The fraction of sp³-hybridized carbons (Fsp3) is 0.500. The highest BCUT2D eigenvalue weighted by Gasteiger charge is 2.27. The van der Waals surface area contributed by atoms with Crippen LogP contribution in [0, 0.1) is 13.8 Å². The Labute approximate surface area is 127 Å². The van der Waals surface area contributed by atoms with Gasteiger partial charge in [0, 0.05) is 30.7 Å². The average Bonchev–Trinajstić information content (AvgIpc) is 3.17. The van der Waals surface area contributed by atoms with E-state index in [2.05, 4.69) is 20.4 Å². The number of hydrogen-bond donors (Lipinski definition) is 1. The summed E-state index contributed by atoms with van der Waals surface area (Å²) in [5, 5.41) is 9.83. The third kappa shape index (κ3) is 2.78. The summed E-state index contributed by atoms with van der Waals surface area (Å²) in [5.41, 5.74) is 1.18. The molecule has 0 saturated carbocycles. The molecule has 1 aliphatic rings. The first-order chi connectivity index (χ1) is 10.2. The van der Waals surface area contributed by atoms with E-state index in [9.17, 15) is 4.79 Å². The number of nitrogens with zero attached hydrogens (tertiary/aromatic N) is 3. The molecule has 0 bridgehead atoms. The highest BCUT2D eigenvalue weighted by molar-refractivity contribution is 7.13. The van der Waals surface area contributed by atoms with E-state index in [-0.39, 0.29) is 5.91 Å². The molecule has 0 aliphatic carbocycles. The first-order valence-corrected chi connectivity index (χ1v) is 7.92. The van der Waals surface area contributed by atoms with Crippen molar-refractivity contribution < 1.29 is 9.32 Å². The summed E-state index contributed by atoms with van der Waals surface area (Å²) in [5.74, 6) is 0.449. The van der Waals surface area contributed by atoms with E-state index in [0.29, 0.717) is 29.6 Å². The van der Waals surface area contributed by atoms with E-state index in [1.165, 1.54) is 0 Å². The van der Waals surface area contributed by atoms with E-state index in [0.717, 1.165) is 24.5 Å². The van der Waals surface area contributed by atoms with Gasteiger partial charge in [0.15, 0.2) is 5.13 Å². The van der Waals surface area contributed by atoms with Crippen LogP contribution in [0.25, 0.3) is 0 Å². The zero-order valence-corrected chi connectivity index (χ0v) is 12.9. The fourth-order valence-electron chi connectivity index (χ4n) is 2.76. The Bertz CT molecular complexity index is 603. The van der Waals surface area contributed by atoms with E-state index in [1.807, 2.05) is 11.6 Å². The number of rotatable bonds is 4. The van der Waals surface area contributed by atoms with Crippen molar-refractivity contribution in [1.82, 2.24) is 15.5 Å². The molecule has 0 aromatic carbocycles. The Morgan fingerprint density at radius 2 is 2.43 bits per heavy atom. The second kappa shape index (κ2) is 5.85. The number of amides is 1. The molecule has 7 heteroatoms. The monoisotopic (exact) mass is 306 g/mol. The minimum Gasteiger partial charge on any atom is -0.361 e. The Balaban J connectivity index is 1.63. The molecule has 1 amide bonds. The molecule has 0 radical (unpaired) electrons. The highest BCUT2D eigenvalue weighted by atomic mass is 32.1. The van der Waals surface area contributed by atoms with Gasteiger partial charge in [-0.2, -0.15) is 0 Å². The molecular weight excluding hydrogens is 288 g/mol. The minimum absolute atomic E-state index is 0.114. The van der Waals surface area contributed by atoms with Crippen LogP contribution in [0.2, 0.25) is 0 Å². The Morgan fingerprint density at radius 1 is 1.57 bits per heavy atom. The Morgan fingerprint density at radius 3 is 3.10 bits per heavy atom. The summed E-state index contributed by atoms with van der Waals surface area (Å²) < 4.78 is 5.04. The first-order valence-electron chi connectivity index (χ1n) is 7.04. The predicted octanol–water partition coefficient (Wildman–Crippen LogP) is 2.15. The maximum atomic E-state index is 12.3. The number of thiazole rings is 1. The second-order valence-corrected chi connectivity index (χ2v) is 6.09. The Hall–Kier alpha value is -1.89. The summed E-state index contributed by atoms with van der Waals surface area (Å²) >= 11 is 1.64. The normalized spacial score (nSPS) is 18.2. The second-order valence-electron chi connectivity index (χ2n) is 5.21. The van der Waals surface area contributed by atoms with Crippen molar-refractivity contribution >= 4 is 22.4 Å². The van der Waals surface area contributed by atoms with Gasteiger partial charge in [-0.3, -0.25) is 4.79 Å². The molecule has 112 valence electrons. The van der Waals surface area contributed by atoms with E-state index >= 15 is 0 Å². The zero-order valence-electron chi connectivity index (χ0n) is 12.1. The number of anilines is 1. The van der Waals surface area contributed by atoms with Crippen molar-refractivity contribution in [3.63, 3.8) is 0 Å². The van der Waals surface area contributed by atoms with Crippen molar-refractivity contribution in [3.8, 4) is 0 Å². The van der Waals surface area contributed by atoms with Crippen LogP contribution in [-0.2, 0) is 0 Å². The molecule has 3 rings (SSSR count). The molecule has 1 aliphatic heterocycles. The molecule has 1 atom stereocenters. The van der Waals surface area contributed by atoms with E-state index in [1.54, 1.807) is 25.2 Å². The van der Waals surface area contributed by atoms with Gasteiger partial charge in [0.25, 0.3) is 5.91 Å². The number of nitrogens with one attached hydrogen (secondary N) is 1. The van der Waals surface area contributed by atoms with Gasteiger partial charge >= 0.3 is 0 Å². The minimum atomic E-state index is -0.114. The summed E-state index contributed by atoms with van der Waals surface area (Å²) in [4.78, 5) is 18.9. The van der Waals surface area contributed by atoms with Crippen LogP contribution >= 0.6 is 11.3 Å². The van der Waals surface area contributed by atoms with Gasteiger partial charge in [0.1, 0.15) is 11.3 Å². The molecule has 2 aromatic rings. The number of aryl methyl sites for hydroxylation is 2. The Kier molecular flexibility index (Phi) is 3.92. The van der Waals surface area contributed by atoms with Gasteiger partial charge in [0.2, 0.25) is 0 Å². The lowest BCUT2D eigenvalue weighted by Crippen LogP contribution is -2.40. The number of carbonyl (C=O) groups excluding carboxylic acids is 1. The quantitative estimate of drug-likeness (QED) is 0.937. The molecule has 21 heavy (non-hydrogen) atoms.